The van der Waals surface area contributed by atoms with Crippen LogP contribution in [0.5, 0.6) is 0 Å². The van der Waals surface area contributed by atoms with Crippen LogP contribution < -0.4 is 0 Å². The molecule has 0 aliphatic heterocycles. The third-order valence-corrected chi connectivity index (χ3v) is 2.65. The Hall–Kier alpha value is -1.23. The number of halogens is 2. The molecule has 0 spiro atoms. The highest BCUT2D eigenvalue weighted by Crippen LogP contribution is 2.17. The van der Waals surface area contributed by atoms with E-state index in [2.05, 4.69) is 20.7 Å². The Morgan fingerprint density at radius 3 is 2.50 bits per heavy atom. The number of carbonyl (C=O) groups is 2. The van der Waals surface area contributed by atoms with E-state index >= 15 is 0 Å². The maximum Gasteiger partial charge on any atom is 0.338 e. The number of methoxy groups -OCH3 is 1. The van der Waals surface area contributed by atoms with E-state index in [9.17, 15) is 14.0 Å². The van der Waals surface area contributed by atoms with E-state index in [1.54, 1.807) is 6.92 Å². The molecule has 0 saturated heterocycles. The van der Waals surface area contributed by atoms with Crippen LogP contribution in [0.25, 0.3) is 0 Å². The zero-order valence-corrected chi connectivity index (χ0v) is 10.4. The molecule has 5 heteroatoms. The lowest BCUT2D eigenvalue weighted by molar-refractivity contribution is 0.0600. The Morgan fingerprint density at radius 1 is 1.38 bits per heavy atom. The lowest BCUT2D eigenvalue weighted by Gasteiger charge is -2.07. The second kappa shape index (κ2) is 5.21. The highest BCUT2D eigenvalue weighted by atomic mass is 79.9. The number of alkyl halides is 1. The van der Waals surface area contributed by atoms with Crippen molar-refractivity contribution in [3.05, 3.63) is 34.6 Å². The first-order valence-corrected chi connectivity index (χ1v) is 5.61. The van der Waals surface area contributed by atoms with Gasteiger partial charge < -0.3 is 4.74 Å². The standard InChI is InChI=1S/C11H10BrFO3/c1-6-3-9(13)8(10(14)5-12)4-7(6)11(15)16-2/h3-4H,5H2,1-2H3. The molecule has 0 fully saturated rings. The van der Waals surface area contributed by atoms with Gasteiger partial charge in [0.05, 0.1) is 23.6 Å². The number of Topliss-reactive ketones (excluding diaryl/α,β-unsaturated/α-hetero) is 1. The highest BCUT2D eigenvalue weighted by molar-refractivity contribution is 9.09. The fraction of sp³-hybridized carbons (Fsp3) is 0.273. The van der Waals surface area contributed by atoms with Crippen molar-refractivity contribution in [2.75, 3.05) is 12.4 Å². The molecule has 0 amide bonds. The molecule has 3 nitrogen and oxygen atoms in total. The van der Waals surface area contributed by atoms with Crippen molar-refractivity contribution < 1.29 is 18.7 Å². The molecule has 0 radical (unpaired) electrons. The molecule has 1 aromatic carbocycles. The van der Waals surface area contributed by atoms with Gasteiger partial charge in [0.25, 0.3) is 0 Å². The molecule has 86 valence electrons. The fourth-order valence-electron chi connectivity index (χ4n) is 1.29. The summed E-state index contributed by atoms with van der Waals surface area (Å²) < 4.78 is 18.0. The summed E-state index contributed by atoms with van der Waals surface area (Å²) in [5.74, 6) is -1.63. The van der Waals surface area contributed by atoms with Gasteiger partial charge >= 0.3 is 5.97 Å². The van der Waals surface area contributed by atoms with E-state index < -0.39 is 17.6 Å². The van der Waals surface area contributed by atoms with Crippen molar-refractivity contribution in [3.63, 3.8) is 0 Å². The number of ketones is 1. The Labute approximate surface area is 101 Å². The first-order valence-electron chi connectivity index (χ1n) is 4.49. The fourth-order valence-corrected chi connectivity index (χ4v) is 1.59. The number of esters is 1. The molecule has 0 N–H and O–H groups in total. The summed E-state index contributed by atoms with van der Waals surface area (Å²) in [7, 11) is 1.23. The first-order chi connectivity index (χ1) is 7.51. The van der Waals surface area contributed by atoms with Crippen LogP contribution in [0.1, 0.15) is 26.3 Å². The molecule has 1 aromatic rings. The predicted octanol–water partition coefficient (Wildman–Crippen LogP) is 2.50. The minimum Gasteiger partial charge on any atom is -0.465 e. The van der Waals surface area contributed by atoms with Gasteiger partial charge in [0.1, 0.15) is 5.82 Å². The molecule has 0 unspecified atom stereocenters. The molecule has 0 bridgehead atoms. The van der Waals surface area contributed by atoms with Crippen molar-refractivity contribution in [1.29, 1.82) is 0 Å². The SMILES string of the molecule is COC(=O)c1cc(C(=O)CBr)c(F)cc1C. The largest absolute Gasteiger partial charge is 0.465 e. The molecule has 0 aromatic heterocycles. The van der Waals surface area contributed by atoms with Gasteiger partial charge in [-0.3, -0.25) is 4.79 Å². The summed E-state index contributed by atoms with van der Waals surface area (Å²) in [5.41, 5.74) is 0.534. The zero-order chi connectivity index (χ0) is 12.3. The molecule has 0 aliphatic carbocycles. The van der Waals surface area contributed by atoms with Gasteiger partial charge in [-0.15, -0.1) is 0 Å². The van der Waals surface area contributed by atoms with E-state index in [0.29, 0.717) is 5.56 Å². The van der Waals surface area contributed by atoms with E-state index in [0.717, 1.165) is 6.07 Å². The van der Waals surface area contributed by atoms with E-state index in [1.165, 1.54) is 13.2 Å². The van der Waals surface area contributed by atoms with Crippen LogP contribution in [0.2, 0.25) is 0 Å². The molecule has 0 aliphatic rings. The Bertz CT molecular complexity index is 406. The van der Waals surface area contributed by atoms with Gasteiger partial charge in [0, 0.05) is 0 Å². The molecule has 0 heterocycles. The minimum absolute atomic E-state index is 0.00753. The van der Waals surface area contributed by atoms with Crippen molar-refractivity contribution in [3.8, 4) is 0 Å². The zero-order valence-electron chi connectivity index (χ0n) is 8.84. The number of aryl methyl sites for hydroxylation is 1. The van der Waals surface area contributed by atoms with Gasteiger partial charge in [0.2, 0.25) is 0 Å². The van der Waals surface area contributed by atoms with Crippen LogP contribution >= 0.6 is 15.9 Å². The average molecular weight is 289 g/mol. The number of carbonyl (C=O) groups excluding carboxylic acids is 2. The molecule has 0 atom stereocenters. The monoisotopic (exact) mass is 288 g/mol. The first kappa shape index (κ1) is 12.8. The van der Waals surface area contributed by atoms with E-state index in [-0.39, 0.29) is 16.5 Å². The summed E-state index contributed by atoms with van der Waals surface area (Å²) in [4.78, 5) is 22.7. The molecular weight excluding hydrogens is 279 g/mol. The molecule has 1 rings (SSSR count). The third kappa shape index (κ3) is 2.47. The van der Waals surface area contributed by atoms with Crippen LogP contribution in [0.4, 0.5) is 4.39 Å². The van der Waals surface area contributed by atoms with Crippen LogP contribution in [0.3, 0.4) is 0 Å². The van der Waals surface area contributed by atoms with Gasteiger partial charge in [0.15, 0.2) is 5.78 Å². The van der Waals surface area contributed by atoms with Crippen LogP contribution in [0, 0.1) is 12.7 Å². The van der Waals surface area contributed by atoms with E-state index in [1.807, 2.05) is 0 Å². The van der Waals surface area contributed by atoms with Gasteiger partial charge in [-0.25, -0.2) is 9.18 Å². The second-order valence-corrected chi connectivity index (χ2v) is 3.76. The van der Waals surface area contributed by atoms with Crippen LogP contribution in [-0.2, 0) is 4.74 Å². The smallest absolute Gasteiger partial charge is 0.338 e. The number of benzene rings is 1. The van der Waals surface area contributed by atoms with Crippen molar-refractivity contribution in [1.82, 2.24) is 0 Å². The molecular formula is C11H10BrFO3. The van der Waals surface area contributed by atoms with Crippen LogP contribution in [-0.4, -0.2) is 24.2 Å². The lowest BCUT2D eigenvalue weighted by Crippen LogP contribution is -2.10. The molecule has 0 saturated carbocycles. The normalized spacial score (nSPS) is 10.0. The summed E-state index contributed by atoms with van der Waals surface area (Å²) >= 11 is 2.95. The molecule has 16 heavy (non-hydrogen) atoms. The van der Waals surface area contributed by atoms with Crippen molar-refractivity contribution >= 4 is 27.7 Å². The van der Waals surface area contributed by atoms with Gasteiger partial charge in [-0.05, 0) is 24.6 Å². The highest BCUT2D eigenvalue weighted by Gasteiger charge is 2.17. The summed E-state index contributed by atoms with van der Waals surface area (Å²) in [5, 5.41) is 0.00753. The Kier molecular flexibility index (Phi) is 4.18. The maximum atomic E-state index is 13.4. The predicted molar refractivity (Wildman–Crippen MR) is 60.6 cm³/mol. The number of ether oxygens (including phenoxy) is 1. The lowest BCUT2D eigenvalue weighted by atomic mass is 10.0. The summed E-state index contributed by atoms with van der Waals surface area (Å²) in [6.45, 7) is 1.58. The maximum absolute atomic E-state index is 13.4. The van der Waals surface area contributed by atoms with Gasteiger partial charge in [-0.1, -0.05) is 15.9 Å². The Morgan fingerprint density at radius 2 is 2.00 bits per heavy atom. The second-order valence-electron chi connectivity index (χ2n) is 3.20. The van der Waals surface area contributed by atoms with Crippen molar-refractivity contribution in [2.24, 2.45) is 0 Å². The Balaban J connectivity index is 3.32. The van der Waals surface area contributed by atoms with E-state index in [4.69, 9.17) is 0 Å². The van der Waals surface area contributed by atoms with Crippen molar-refractivity contribution in [2.45, 2.75) is 6.92 Å². The number of hydrogen-bond acceptors (Lipinski definition) is 3. The number of rotatable bonds is 3. The third-order valence-electron chi connectivity index (χ3n) is 2.14. The van der Waals surface area contributed by atoms with Gasteiger partial charge in [-0.2, -0.15) is 0 Å². The summed E-state index contributed by atoms with van der Waals surface area (Å²) in [6.07, 6.45) is 0. The van der Waals surface area contributed by atoms with Crippen LogP contribution in [0.15, 0.2) is 12.1 Å². The quantitative estimate of drug-likeness (QED) is 0.488. The topological polar surface area (TPSA) is 43.4 Å². The summed E-state index contributed by atoms with van der Waals surface area (Å²) in [6, 6.07) is 2.38. The minimum atomic E-state index is -0.630. The number of hydrogen-bond donors (Lipinski definition) is 0. The average Bonchev–Trinajstić information content (AvgIpc) is 2.27.